The molecule has 0 bridgehead atoms. The van der Waals surface area contributed by atoms with Gasteiger partial charge in [-0.1, -0.05) is 6.42 Å². The van der Waals surface area contributed by atoms with Crippen molar-refractivity contribution >= 4 is 0 Å². The molecule has 0 spiro atoms. The van der Waals surface area contributed by atoms with Gasteiger partial charge in [0.1, 0.15) is 5.82 Å². The summed E-state index contributed by atoms with van der Waals surface area (Å²) >= 11 is 0. The van der Waals surface area contributed by atoms with Crippen LogP contribution in [0.1, 0.15) is 30.9 Å². The van der Waals surface area contributed by atoms with Crippen molar-refractivity contribution in [2.24, 2.45) is 13.0 Å². The summed E-state index contributed by atoms with van der Waals surface area (Å²) in [7, 11) is 1.96. The molecule has 1 unspecified atom stereocenters. The van der Waals surface area contributed by atoms with E-state index < -0.39 is 0 Å². The monoisotopic (exact) mass is 208 g/mol. The Labute approximate surface area is 91.1 Å². The number of aromatic nitrogens is 3. The van der Waals surface area contributed by atoms with Crippen LogP contribution in [-0.2, 0) is 13.5 Å². The lowest BCUT2D eigenvalue weighted by Gasteiger charge is -2.11. The van der Waals surface area contributed by atoms with Gasteiger partial charge in [0, 0.05) is 13.5 Å². The van der Waals surface area contributed by atoms with Gasteiger partial charge in [-0.2, -0.15) is 5.10 Å². The molecule has 1 N–H and O–H groups in total. The highest BCUT2D eigenvalue weighted by Gasteiger charge is 2.15. The van der Waals surface area contributed by atoms with Crippen LogP contribution < -0.4 is 5.32 Å². The average molecular weight is 208 g/mol. The van der Waals surface area contributed by atoms with Gasteiger partial charge >= 0.3 is 0 Å². The summed E-state index contributed by atoms with van der Waals surface area (Å²) in [5, 5.41) is 7.89. The average Bonchev–Trinajstić information content (AvgIpc) is 2.45. The van der Waals surface area contributed by atoms with Gasteiger partial charge in [-0.3, -0.25) is 4.68 Å². The van der Waals surface area contributed by atoms with Crippen molar-refractivity contribution in [1.82, 2.24) is 20.1 Å². The van der Waals surface area contributed by atoms with Gasteiger partial charge in [0.15, 0.2) is 5.82 Å². The van der Waals surface area contributed by atoms with Gasteiger partial charge in [-0.25, -0.2) is 4.98 Å². The fourth-order valence-electron chi connectivity index (χ4n) is 2.14. The Bertz CT molecular complexity index is 291. The minimum absolute atomic E-state index is 0.717. The van der Waals surface area contributed by atoms with Gasteiger partial charge in [0.05, 0.1) is 0 Å². The third kappa shape index (κ3) is 2.78. The molecule has 0 amide bonds. The van der Waals surface area contributed by atoms with Crippen LogP contribution in [0.4, 0.5) is 0 Å². The molecule has 2 rings (SSSR count). The highest BCUT2D eigenvalue weighted by molar-refractivity contribution is 4.92. The fraction of sp³-hybridized carbons (Fsp3) is 0.818. The number of aryl methyl sites for hydroxylation is 2. The van der Waals surface area contributed by atoms with E-state index >= 15 is 0 Å². The standard InChI is InChI=1S/C11H20N4/c1-9-13-11(14-15(9)2)7-10-5-3-4-6-12-8-10/h10,12H,3-8H2,1-2H3. The van der Waals surface area contributed by atoms with Crippen LogP contribution >= 0.6 is 0 Å². The maximum atomic E-state index is 4.46. The van der Waals surface area contributed by atoms with Crippen LogP contribution in [0.15, 0.2) is 0 Å². The summed E-state index contributed by atoms with van der Waals surface area (Å²) in [4.78, 5) is 4.46. The zero-order valence-electron chi connectivity index (χ0n) is 9.66. The summed E-state index contributed by atoms with van der Waals surface area (Å²) in [6.07, 6.45) is 4.98. The zero-order chi connectivity index (χ0) is 10.7. The van der Waals surface area contributed by atoms with Gasteiger partial charge in [0.25, 0.3) is 0 Å². The van der Waals surface area contributed by atoms with Crippen molar-refractivity contribution in [3.05, 3.63) is 11.6 Å². The lowest BCUT2D eigenvalue weighted by molar-refractivity contribution is 0.466. The second-order valence-electron chi connectivity index (χ2n) is 4.47. The molecule has 1 aromatic rings. The van der Waals surface area contributed by atoms with Gasteiger partial charge in [0.2, 0.25) is 0 Å². The Morgan fingerprint density at radius 2 is 2.33 bits per heavy atom. The lowest BCUT2D eigenvalue weighted by Crippen LogP contribution is -2.22. The van der Waals surface area contributed by atoms with Crippen LogP contribution in [0.2, 0.25) is 0 Å². The number of nitrogens with zero attached hydrogens (tertiary/aromatic N) is 3. The molecule has 2 heterocycles. The molecule has 84 valence electrons. The first kappa shape index (κ1) is 10.6. The van der Waals surface area contributed by atoms with E-state index in [1.807, 2.05) is 18.7 Å². The Morgan fingerprint density at radius 1 is 1.47 bits per heavy atom. The highest BCUT2D eigenvalue weighted by atomic mass is 15.3. The van der Waals surface area contributed by atoms with E-state index in [1.54, 1.807) is 0 Å². The summed E-state index contributed by atoms with van der Waals surface area (Å²) < 4.78 is 1.86. The van der Waals surface area contributed by atoms with Crippen molar-refractivity contribution < 1.29 is 0 Å². The smallest absolute Gasteiger partial charge is 0.151 e. The first-order valence-electron chi connectivity index (χ1n) is 5.83. The number of nitrogens with one attached hydrogen (secondary N) is 1. The quantitative estimate of drug-likeness (QED) is 0.790. The summed E-state index contributed by atoms with van der Waals surface area (Å²) in [6.45, 7) is 4.30. The highest BCUT2D eigenvalue weighted by Crippen LogP contribution is 2.15. The fourth-order valence-corrected chi connectivity index (χ4v) is 2.14. The molecule has 15 heavy (non-hydrogen) atoms. The molecule has 0 aromatic carbocycles. The third-order valence-corrected chi connectivity index (χ3v) is 3.14. The molecule has 1 aromatic heterocycles. The molecule has 0 radical (unpaired) electrons. The minimum atomic E-state index is 0.717. The second kappa shape index (κ2) is 4.75. The number of hydrogen-bond acceptors (Lipinski definition) is 3. The Morgan fingerprint density at radius 3 is 3.07 bits per heavy atom. The maximum Gasteiger partial charge on any atom is 0.151 e. The summed E-state index contributed by atoms with van der Waals surface area (Å²) in [5.74, 6) is 2.73. The molecule has 1 atom stereocenters. The maximum absolute atomic E-state index is 4.46. The predicted molar refractivity (Wildman–Crippen MR) is 59.7 cm³/mol. The molecule has 1 aliphatic rings. The van der Waals surface area contributed by atoms with Crippen molar-refractivity contribution in [3.63, 3.8) is 0 Å². The molecule has 4 heteroatoms. The van der Waals surface area contributed by atoms with E-state index in [1.165, 1.54) is 25.8 Å². The summed E-state index contributed by atoms with van der Waals surface area (Å²) in [6, 6.07) is 0. The van der Waals surface area contributed by atoms with Crippen molar-refractivity contribution in [2.45, 2.75) is 32.6 Å². The Hall–Kier alpha value is -0.900. The number of hydrogen-bond donors (Lipinski definition) is 1. The minimum Gasteiger partial charge on any atom is -0.316 e. The van der Waals surface area contributed by atoms with Gasteiger partial charge in [-0.15, -0.1) is 0 Å². The van der Waals surface area contributed by atoms with E-state index in [4.69, 9.17) is 0 Å². The molecule has 0 aliphatic carbocycles. The lowest BCUT2D eigenvalue weighted by atomic mass is 9.99. The first-order valence-corrected chi connectivity index (χ1v) is 5.83. The normalized spacial score (nSPS) is 22.7. The van der Waals surface area contributed by atoms with Crippen LogP contribution in [0, 0.1) is 12.8 Å². The summed E-state index contributed by atoms with van der Waals surface area (Å²) in [5.41, 5.74) is 0. The van der Waals surface area contributed by atoms with Crippen LogP contribution in [0.25, 0.3) is 0 Å². The van der Waals surface area contributed by atoms with Crippen molar-refractivity contribution in [3.8, 4) is 0 Å². The van der Waals surface area contributed by atoms with E-state index in [-0.39, 0.29) is 0 Å². The van der Waals surface area contributed by atoms with E-state index in [0.717, 1.165) is 24.6 Å². The molecule has 0 saturated carbocycles. The van der Waals surface area contributed by atoms with Crippen LogP contribution in [0.5, 0.6) is 0 Å². The van der Waals surface area contributed by atoms with Crippen LogP contribution in [-0.4, -0.2) is 27.9 Å². The third-order valence-electron chi connectivity index (χ3n) is 3.14. The van der Waals surface area contributed by atoms with E-state index in [0.29, 0.717) is 5.92 Å². The van der Waals surface area contributed by atoms with E-state index in [9.17, 15) is 0 Å². The SMILES string of the molecule is Cc1nc(CC2CCCCNC2)nn1C. The Kier molecular flexibility index (Phi) is 3.36. The second-order valence-corrected chi connectivity index (χ2v) is 4.47. The van der Waals surface area contributed by atoms with E-state index in [2.05, 4.69) is 15.4 Å². The number of rotatable bonds is 2. The molecular weight excluding hydrogens is 188 g/mol. The van der Waals surface area contributed by atoms with Crippen molar-refractivity contribution in [1.29, 1.82) is 0 Å². The van der Waals surface area contributed by atoms with Gasteiger partial charge in [-0.05, 0) is 38.8 Å². The van der Waals surface area contributed by atoms with Crippen molar-refractivity contribution in [2.75, 3.05) is 13.1 Å². The molecule has 1 aliphatic heterocycles. The Balaban J connectivity index is 1.95. The van der Waals surface area contributed by atoms with Gasteiger partial charge < -0.3 is 5.32 Å². The first-order chi connectivity index (χ1) is 7.25. The molecular formula is C11H20N4. The zero-order valence-corrected chi connectivity index (χ0v) is 9.66. The largest absolute Gasteiger partial charge is 0.316 e. The molecule has 1 fully saturated rings. The predicted octanol–water partition coefficient (Wildman–Crippen LogP) is 1.06. The topological polar surface area (TPSA) is 42.7 Å². The molecule has 4 nitrogen and oxygen atoms in total. The molecule has 1 saturated heterocycles. The van der Waals surface area contributed by atoms with Crippen LogP contribution in [0.3, 0.4) is 0 Å².